The number of carbonyl (C=O) groups excluding carboxylic acids is 2. The SMILES string of the molecule is CCCCCCCCCCCC(C)(C)C1=C(O)c2ccccc2C(=O)C1=O. The van der Waals surface area contributed by atoms with E-state index in [0.29, 0.717) is 11.1 Å². The summed E-state index contributed by atoms with van der Waals surface area (Å²) in [5.74, 6) is -1.07. The number of Topliss-reactive ketones (excluding diaryl/α,β-unsaturated/α-hetero) is 2. The topological polar surface area (TPSA) is 54.4 Å². The number of allylic oxidation sites excluding steroid dienone is 1. The third-order valence-corrected chi connectivity index (χ3v) is 5.68. The van der Waals surface area contributed by atoms with Gasteiger partial charge >= 0.3 is 0 Å². The standard InChI is InChI=1S/C24H34O3/c1-4-5-6-7-8-9-10-11-14-17-24(2,3)20-21(25)18-15-12-13-16-19(18)22(26)23(20)27/h12-13,15-16,25H,4-11,14,17H2,1-3H3. The van der Waals surface area contributed by atoms with Crippen LogP contribution in [0.5, 0.6) is 0 Å². The van der Waals surface area contributed by atoms with Gasteiger partial charge in [0.05, 0.1) is 5.57 Å². The molecule has 0 radical (unpaired) electrons. The van der Waals surface area contributed by atoms with Gasteiger partial charge in [0.25, 0.3) is 0 Å². The Labute approximate surface area is 163 Å². The van der Waals surface area contributed by atoms with Crippen molar-refractivity contribution in [3.63, 3.8) is 0 Å². The van der Waals surface area contributed by atoms with Crippen molar-refractivity contribution in [1.82, 2.24) is 0 Å². The molecule has 0 fully saturated rings. The van der Waals surface area contributed by atoms with Gasteiger partial charge in [-0.1, -0.05) is 103 Å². The van der Waals surface area contributed by atoms with Crippen LogP contribution in [0, 0.1) is 5.41 Å². The van der Waals surface area contributed by atoms with Gasteiger partial charge in [0, 0.05) is 11.1 Å². The predicted molar refractivity (Wildman–Crippen MR) is 111 cm³/mol. The van der Waals surface area contributed by atoms with Crippen molar-refractivity contribution >= 4 is 17.3 Å². The van der Waals surface area contributed by atoms with E-state index in [1.54, 1.807) is 24.3 Å². The number of aliphatic hydroxyl groups excluding tert-OH is 1. The summed E-state index contributed by atoms with van der Waals surface area (Å²) in [5, 5.41) is 10.7. The van der Waals surface area contributed by atoms with E-state index in [4.69, 9.17) is 0 Å². The Morgan fingerprint density at radius 3 is 1.89 bits per heavy atom. The van der Waals surface area contributed by atoms with Gasteiger partial charge < -0.3 is 5.11 Å². The van der Waals surface area contributed by atoms with Gasteiger partial charge in [-0.15, -0.1) is 0 Å². The van der Waals surface area contributed by atoms with Crippen LogP contribution < -0.4 is 0 Å². The number of carbonyl (C=O) groups is 2. The summed E-state index contributed by atoms with van der Waals surface area (Å²) in [6.07, 6.45) is 12.0. The maximum absolute atomic E-state index is 12.6. The van der Waals surface area contributed by atoms with E-state index in [0.717, 1.165) is 19.3 Å². The summed E-state index contributed by atoms with van der Waals surface area (Å²) in [5.41, 5.74) is 0.566. The lowest BCUT2D eigenvalue weighted by Gasteiger charge is -2.30. The number of unbranched alkanes of at least 4 members (excludes halogenated alkanes) is 8. The third kappa shape index (κ3) is 5.31. The van der Waals surface area contributed by atoms with Gasteiger partial charge in [0.1, 0.15) is 5.76 Å². The molecule has 0 heterocycles. The van der Waals surface area contributed by atoms with E-state index < -0.39 is 17.0 Å². The van der Waals surface area contributed by atoms with Crippen molar-refractivity contribution in [3.05, 3.63) is 41.0 Å². The van der Waals surface area contributed by atoms with Gasteiger partial charge in [0.2, 0.25) is 11.6 Å². The first-order valence-corrected chi connectivity index (χ1v) is 10.5. The van der Waals surface area contributed by atoms with Gasteiger partial charge in [-0.25, -0.2) is 0 Å². The highest BCUT2D eigenvalue weighted by atomic mass is 16.3. The van der Waals surface area contributed by atoms with E-state index in [2.05, 4.69) is 6.92 Å². The van der Waals surface area contributed by atoms with Crippen LogP contribution in [0.4, 0.5) is 0 Å². The molecule has 27 heavy (non-hydrogen) atoms. The Balaban J connectivity index is 1.92. The zero-order chi connectivity index (χ0) is 19.9. The summed E-state index contributed by atoms with van der Waals surface area (Å²) in [4.78, 5) is 25.1. The number of aliphatic hydroxyl groups is 1. The van der Waals surface area contributed by atoms with Crippen LogP contribution in [0.2, 0.25) is 0 Å². The van der Waals surface area contributed by atoms with Crippen LogP contribution in [0.3, 0.4) is 0 Å². The predicted octanol–water partition coefficient (Wildman–Crippen LogP) is 6.67. The smallest absolute Gasteiger partial charge is 0.234 e. The number of hydrogen-bond donors (Lipinski definition) is 1. The molecule has 3 heteroatoms. The van der Waals surface area contributed by atoms with Crippen molar-refractivity contribution in [2.75, 3.05) is 0 Å². The van der Waals surface area contributed by atoms with Gasteiger partial charge in [-0.3, -0.25) is 9.59 Å². The first kappa shape index (κ1) is 21.4. The normalized spacial score (nSPS) is 14.6. The molecular formula is C24H34O3. The Hall–Kier alpha value is -1.90. The molecule has 1 N–H and O–H groups in total. The minimum atomic E-state index is -0.549. The molecule has 1 aliphatic carbocycles. The fourth-order valence-electron chi connectivity index (χ4n) is 4.00. The van der Waals surface area contributed by atoms with Crippen LogP contribution in [0.1, 0.15) is 101 Å². The molecule has 1 aromatic rings. The fourth-order valence-corrected chi connectivity index (χ4v) is 4.00. The monoisotopic (exact) mass is 370 g/mol. The van der Waals surface area contributed by atoms with Crippen LogP contribution in [-0.4, -0.2) is 16.7 Å². The Morgan fingerprint density at radius 1 is 0.778 bits per heavy atom. The van der Waals surface area contributed by atoms with Gasteiger partial charge in [0.15, 0.2) is 0 Å². The lowest BCUT2D eigenvalue weighted by Crippen LogP contribution is -2.32. The summed E-state index contributed by atoms with van der Waals surface area (Å²) >= 11 is 0. The largest absolute Gasteiger partial charge is 0.507 e. The molecule has 0 atom stereocenters. The van der Waals surface area contributed by atoms with Gasteiger partial charge in [-0.2, -0.15) is 0 Å². The Kier molecular flexibility index (Phi) is 7.82. The number of hydrogen-bond acceptors (Lipinski definition) is 3. The first-order chi connectivity index (χ1) is 12.9. The van der Waals surface area contributed by atoms with Crippen molar-refractivity contribution in [2.24, 2.45) is 5.41 Å². The van der Waals surface area contributed by atoms with Crippen LogP contribution in [-0.2, 0) is 4.79 Å². The van der Waals surface area contributed by atoms with E-state index in [9.17, 15) is 14.7 Å². The number of fused-ring (bicyclic) bond motifs is 1. The second-order valence-corrected chi connectivity index (χ2v) is 8.39. The lowest BCUT2D eigenvalue weighted by molar-refractivity contribution is -0.112. The maximum atomic E-state index is 12.6. The van der Waals surface area contributed by atoms with Crippen molar-refractivity contribution < 1.29 is 14.7 Å². The van der Waals surface area contributed by atoms with E-state index >= 15 is 0 Å². The Morgan fingerprint density at radius 2 is 1.30 bits per heavy atom. The number of benzene rings is 1. The molecule has 0 unspecified atom stereocenters. The van der Waals surface area contributed by atoms with Crippen molar-refractivity contribution in [3.8, 4) is 0 Å². The van der Waals surface area contributed by atoms with Crippen molar-refractivity contribution in [1.29, 1.82) is 0 Å². The van der Waals surface area contributed by atoms with Crippen LogP contribution >= 0.6 is 0 Å². The molecule has 3 nitrogen and oxygen atoms in total. The molecule has 148 valence electrons. The minimum Gasteiger partial charge on any atom is -0.507 e. The molecular weight excluding hydrogens is 336 g/mol. The second-order valence-electron chi connectivity index (χ2n) is 8.39. The molecule has 0 bridgehead atoms. The Bertz CT molecular complexity index is 697. The highest BCUT2D eigenvalue weighted by Gasteiger charge is 2.40. The first-order valence-electron chi connectivity index (χ1n) is 10.5. The van der Waals surface area contributed by atoms with E-state index in [1.807, 2.05) is 13.8 Å². The highest BCUT2D eigenvalue weighted by molar-refractivity contribution is 6.52. The summed E-state index contributed by atoms with van der Waals surface area (Å²) in [6, 6.07) is 6.82. The molecule has 0 aliphatic heterocycles. The minimum absolute atomic E-state index is 0.0175. The summed E-state index contributed by atoms with van der Waals surface area (Å²) < 4.78 is 0. The molecule has 0 aromatic heterocycles. The highest BCUT2D eigenvalue weighted by Crippen LogP contribution is 2.41. The second kappa shape index (κ2) is 9.87. The molecule has 2 rings (SSSR count). The van der Waals surface area contributed by atoms with Crippen LogP contribution in [0.15, 0.2) is 29.8 Å². The average molecular weight is 371 g/mol. The van der Waals surface area contributed by atoms with Crippen LogP contribution in [0.25, 0.3) is 5.76 Å². The molecule has 0 spiro atoms. The van der Waals surface area contributed by atoms with E-state index in [-0.39, 0.29) is 11.3 Å². The third-order valence-electron chi connectivity index (χ3n) is 5.68. The molecule has 0 amide bonds. The fraction of sp³-hybridized carbons (Fsp3) is 0.583. The zero-order valence-electron chi connectivity index (χ0n) is 17.1. The van der Waals surface area contributed by atoms with Gasteiger partial charge in [-0.05, 0) is 11.8 Å². The molecule has 1 aliphatic rings. The van der Waals surface area contributed by atoms with Crippen molar-refractivity contribution in [2.45, 2.75) is 85.0 Å². The average Bonchev–Trinajstić information content (AvgIpc) is 2.65. The quantitative estimate of drug-likeness (QED) is 0.349. The maximum Gasteiger partial charge on any atom is 0.234 e. The molecule has 1 aromatic carbocycles. The summed E-state index contributed by atoms with van der Waals surface area (Å²) in [6.45, 7) is 6.16. The van der Waals surface area contributed by atoms with E-state index in [1.165, 1.54) is 44.9 Å². The number of ketones is 2. The molecule has 0 saturated carbocycles. The zero-order valence-corrected chi connectivity index (χ0v) is 17.1. The molecule has 0 saturated heterocycles. The lowest BCUT2D eigenvalue weighted by atomic mass is 9.72. The summed E-state index contributed by atoms with van der Waals surface area (Å²) in [7, 11) is 0. The number of rotatable bonds is 11.